The van der Waals surface area contributed by atoms with Gasteiger partial charge in [0.05, 0.1) is 5.69 Å². The second-order valence-electron chi connectivity index (χ2n) is 6.60. The molecule has 1 aromatic heterocycles. The van der Waals surface area contributed by atoms with Gasteiger partial charge in [0.1, 0.15) is 0 Å². The molecule has 0 bridgehead atoms. The van der Waals surface area contributed by atoms with Crippen LogP contribution in [-0.4, -0.2) is 47.0 Å². The van der Waals surface area contributed by atoms with Crippen molar-refractivity contribution in [3.63, 3.8) is 0 Å². The van der Waals surface area contributed by atoms with Crippen molar-refractivity contribution < 1.29 is 9.32 Å². The van der Waals surface area contributed by atoms with E-state index in [4.69, 9.17) is 16.1 Å². The summed E-state index contributed by atoms with van der Waals surface area (Å²) in [7, 11) is 0. The van der Waals surface area contributed by atoms with Crippen molar-refractivity contribution in [1.29, 1.82) is 0 Å². The molecule has 0 unspecified atom stereocenters. The van der Waals surface area contributed by atoms with Crippen LogP contribution in [0.5, 0.6) is 0 Å². The lowest BCUT2D eigenvalue weighted by Crippen LogP contribution is -2.48. The summed E-state index contributed by atoms with van der Waals surface area (Å²) < 4.78 is 4.94. The van der Waals surface area contributed by atoms with Crippen LogP contribution in [0.25, 0.3) is 0 Å². The highest BCUT2D eigenvalue weighted by Crippen LogP contribution is 2.21. The molecule has 0 atom stereocenters. The van der Waals surface area contributed by atoms with E-state index in [1.165, 1.54) is 11.1 Å². The minimum absolute atomic E-state index is 0.173. The third-order valence-electron chi connectivity index (χ3n) is 4.91. The van der Waals surface area contributed by atoms with Crippen LogP contribution in [0.15, 0.2) is 28.8 Å². The normalized spacial score (nSPS) is 15.6. The number of aryl methyl sites for hydroxylation is 2. The lowest BCUT2D eigenvalue weighted by Gasteiger charge is -2.35. The lowest BCUT2D eigenvalue weighted by atomic mass is 10.1. The number of halogens is 1. The zero-order valence-electron chi connectivity index (χ0n) is 14.8. The maximum atomic E-state index is 12.4. The van der Waals surface area contributed by atoms with Crippen molar-refractivity contribution in [1.82, 2.24) is 15.0 Å². The molecule has 0 aliphatic carbocycles. The third kappa shape index (κ3) is 4.41. The number of piperazine rings is 1. The van der Waals surface area contributed by atoms with Crippen LogP contribution >= 0.6 is 11.6 Å². The molecule has 1 aliphatic heterocycles. The molecule has 1 fully saturated rings. The van der Waals surface area contributed by atoms with E-state index in [0.29, 0.717) is 18.1 Å². The summed E-state index contributed by atoms with van der Waals surface area (Å²) in [4.78, 5) is 16.8. The third-order valence-corrected chi connectivity index (χ3v) is 5.20. The molecular formula is C19H24ClN3O2. The van der Waals surface area contributed by atoms with Crippen LogP contribution in [-0.2, 0) is 17.8 Å². The number of hydrogen-bond donors (Lipinski definition) is 0. The molecule has 3 rings (SSSR count). The first kappa shape index (κ1) is 18.0. The Morgan fingerprint density at radius 3 is 2.56 bits per heavy atom. The van der Waals surface area contributed by atoms with E-state index in [9.17, 15) is 4.79 Å². The molecule has 6 heteroatoms. The van der Waals surface area contributed by atoms with Crippen LogP contribution in [0.1, 0.15) is 28.8 Å². The molecule has 0 radical (unpaired) electrons. The predicted octanol–water partition coefficient (Wildman–Crippen LogP) is 3.22. The molecule has 1 saturated heterocycles. The molecule has 1 amide bonds. The maximum absolute atomic E-state index is 12.4. The average molecular weight is 362 g/mol. The Morgan fingerprint density at radius 2 is 1.92 bits per heavy atom. The number of hydrogen-bond acceptors (Lipinski definition) is 4. The largest absolute Gasteiger partial charge is 0.344 e. The summed E-state index contributed by atoms with van der Waals surface area (Å²) in [5.74, 6) is 0.173. The summed E-state index contributed by atoms with van der Waals surface area (Å²) in [6.45, 7) is 8.32. The van der Waals surface area contributed by atoms with Gasteiger partial charge in [-0.3, -0.25) is 9.69 Å². The summed E-state index contributed by atoms with van der Waals surface area (Å²) >= 11 is 5.96. The smallest absolute Gasteiger partial charge is 0.229 e. The Kier molecular flexibility index (Phi) is 5.76. The SMILES string of the molecule is Cc1ccccc1CN1CCN(C(=O)CCc2c(C)noc2Cl)CC1. The first-order chi connectivity index (χ1) is 12.0. The van der Waals surface area contributed by atoms with Crippen molar-refractivity contribution in [3.05, 3.63) is 51.9 Å². The van der Waals surface area contributed by atoms with Gasteiger partial charge in [-0.1, -0.05) is 29.4 Å². The standard InChI is InChI=1S/C19H24ClN3O2/c1-14-5-3-4-6-16(14)13-22-9-11-23(12-10-22)18(24)8-7-17-15(2)21-25-19(17)20/h3-6H,7-13H2,1-2H3. The van der Waals surface area contributed by atoms with Gasteiger partial charge >= 0.3 is 0 Å². The topological polar surface area (TPSA) is 49.6 Å². The Hall–Kier alpha value is -1.85. The number of aromatic nitrogens is 1. The molecule has 1 aromatic carbocycles. The predicted molar refractivity (Wildman–Crippen MR) is 97.6 cm³/mol. The molecule has 0 N–H and O–H groups in total. The van der Waals surface area contributed by atoms with Crippen molar-refractivity contribution in [2.45, 2.75) is 33.2 Å². The first-order valence-corrected chi connectivity index (χ1v) is 9.07. The van der Waals surface area contributed by atoms with Crippen molar-refractivity contribution in [2.75, 3.05) is 26.2 Å². The molecule has 2 aromatic rings. The fourth-order valence-electron chi connectivity index (χ4n) is 3.21. The minimum Gasteiger partial charge on any atom is -0.344 e. The van der Waals surface area contributed by atoms with E-state index in [0.717, 1.165) is 44.0 Å². The highest BCUT2D eigenvalue weighted by Gasteiger charge is 2.22. The van der Waals surface area contributed by atoms with E-state index in [1.807, 2.05) is 11.8 Å². The van der Waals surface area contributed by atoms with Crippen LogP contribution in [0, 0.1) is 13.8 Å². The van der Waals surface area contributed by atoms with E-state index in [1.54, 1.807) is 0 Å². The summed E-state index contributed by atoms with van der Waals surface area (Å²) in [5.41, 5.74) is 4.29. The number of nitrogens with zero attached hydrogens (tertiary/aromatic N) is 3. The van der Waals surface area contributed by atoms with Gasteiger partial charge in [-0.2, -0.15) is 0 Å². The molecule has 2 heterocycles. The highest BCUT2D eigenvalue weighted by molar-refractivity contribution is 6.29. The fraction of sp³-hybridized carbons (Fsp3) is 0.474. The van der Waals surface area contributed by atoms with E-state index < -0.39 is 0 Å². The number of carbonyl (C=O) groups is 1. The Bertz CT molecular complexity index is 717. The molecule has 0 saturated carbocycles. The Balaban J connectivity index is 1.47. The Morgan fingerprint density at radius 1 is 1.20 bits per heavy atom. The van der Waals surface area contributed by atoms with Gasteiger partial charge in [-0.05, 0) is 43.0 Å². The van der Waals surface area contributed by atoms with Gasteiger partial charge in [0, 0.05) is 44.7 Å². The highest BCUT2D eigenvalue weighted by atomic mass is 35.5. The van der Waals surface area contributed by atoms with Gasteiger partial charge in [0.2, 0.25) is 11.1 Å². The van der Waals surface area contributed by atoms with Gasteiger partial charge in [-0.15, -0.1) is 0 Å². The lowest BCUT2D eigenvalue weighted by molar-refractivity contribution is -0.133. The summed E-state index contributed by atoms with van der Waals surface area (Å²) in [5, 5.41) is 4.12. The molecule has 1 aliphatic rings. The molecular weight excluding hydrogens is 338 g/mol. The summed E-state index contributed by atoms with van der Waals surface area (Å²) in [6.07, 6.45) is 1.02. The van der Waals surface area contributed by atoms with E-state index in [2.05, 4.69) is 41.2 Å². The monoisotopic (exact) mass is 361 g/mol. The van der Waals surface area contributed by atoms with Crippen LogP contribution < -0.4 is 0 Å². The molecule has 134 valence electrons. The van der Waals surface area contributed by atoms with Gasteiger partial charge < -0.3 is 9.42 Å². The molecule has 0 spiro atoms. The summed E-state index contributed by atoms with van der Waals surface area (Å²) in [6, 6.07) is 8.48. The van der Waals surface area contributed by atoms with E-state index >= 15 is 0 Å². The first-order valence-electron chi connectivity index (χ1n) is 8.70. The van der Waals surface area contributed by atoms with Gasteiger partial charge in [0.15, 0.2) is 0 Å². The zero-order valence-corrected chi connectivity index (χ0v) is 15.6. The minimum atomic E-state index is 0.173. The second-order valence-corrected chi connectivity index (χ2v) is 6.95. The average Bonchev–Trinajstić information content (AvgIpc) is 2.93. The van der Waals surface area contributed by atoms with Crippen molar-refractivity contribution in [3.8, 4) is 0 Å². The quantitative estimate of drug-likeness (QED) is 0.820. The van der Waals surface area contributed by atoms with Crippen LogP contribution in [0.2, 0.25) is 5.22 Å². The fourth-order valence-corrected chi connectivity index (χ4v) is 3.48. The molecule has 25 heavy (non-hydrogen) atoms. The molecule has 5 nitrogen and oxygen atoms in total. The van der Waals surface area contributed by atoms with Gasteiger partial charge in [0.25, 0.3) is 0 Å². The van der Waals surface area contributed by atoms with Crippen molar-refractivity contribution >= 4 is 17.5 Å². The number of amides is 1. The van der Waals surface area contributed by atoms with Crippen LogP contribution in [0.3, 0.4) is 0 Å². The Labute approximate surface area is 153 Å². The maximum Gasteiger partial charge on any atom is 0.229 e. The number of rotatable bonds is 5. The van der Waals surface area contributed by atoms with Gasteiger partial charge in [-0.25, -0.2) is 0 Å². The number of carbonyl (C=O) groups excluding carboxylic acids is 1. The van der Waals surface area contributed by atoms with Crippen molar-refractivity contribution in [2.24, 2.45) is 0 Å². The van der Waals surface area contributed by atoms with Crippen LogP contribution in [0.4, 0.5) is 0 Å². The zero-order chi connectivity index (χ0) is 17.8. The second kappa shape index (κ2) is 8.02. The number of benzene rings is 1. The van der Waals surface area contributed by atoms with E-state index in [-0.39, 0.29) is 5.91 Å².